The van der Waals surface area contributed by atoms with Gasteiger partial charge in [0.15, 0.2) is 0 Å². The van der Waals surface area contributed by atoms with E-state index in [2.05, 4.69) is 5.32 Å². The molecule has 0 saturated heterocycles. The van der Waals surface area contributed by atoms with Gasteiger partial charge in [-0.05, 0) is 31.6 Å². The third-order valence-corrected chi connectivity index (χ3v) is 4.61. The zero-order valence-electron chi connectivity index (χ0n) is 11.5. The van der Waals surface area contributed by atoms with Crippen molar-refractivity contribution in [1.82, 2.24) is 5.32 Å². The van der Waals surface area contributed by atoms with Crippen molar-refractivity contribution in [2.75, 3.05) is 0 Å². The number of carbonyl (C=O) groups is 1. The summed E-state index contributed by atoms with van der Waals surface area (Å²) in [6.45, 7) is 0. The molecule has 0 bridgehead atoms. The predicted molar refractivity (Wildman–Crippen MR) is 74.2 cm³/mol. The quantitative estimate of drug-likeness (QED) is 0.759. The normalized spacial score (nSPS) is 30.7. The molecular weight excluding hydrogens is 224 g/mol. The molecule has 2 aliphatic carbocycles. The smallest absolute Gasteiger partial charge is 0.220 e. The monoisotopic (exact) mass is 252 g/mol. The van der Waals surface area contributed by atoms with Gasteiger partial charge in [-0.3, -0.25) is 4.79 Å². The van der Waals surface area contributed by atoms with E-state index in [1.807, 2.05) is 0 Å². The van der Waals surface area contributed by atoms with Gasteiger partial charge in [-0.25, -0.2) is 0 Å². The lowest BCUT2D eigenvalue weighted by atomic mass is 9.90. The van der Waals surface area contributed by atoms with Crippen molar-refractivity contribution in [1.29, 1.82) is 0 Å². The van der Waals surface area contributed by atoms with Gasteiger partial charge in [-0.1, -0.05) is 38.5 Å². The summed E-state index contributed by atoms with van der Waals surface area (Å²) in [5, 5.41) is 3.17. The maximum atomic E-state index is 12.1. The van der Waals surface area contributed by atoms with Crippen LogP contribution in [0.25, 0.3) is 0 Å². The Hall–Kier alpha value is -0.570. The number of nitrogens with two attached hydrogens (primary N) is 1. The molecule has 0 heterocycles. The first-order valence-electron chi connectivity index (χ1n) is 7.80. The largest absolute Gasteiger partial charge is 0.352 e. The average molecular weight is 252 g/mol. The van der Waals surface area contributed by atoms with Crippen LogP contribution in [0.5, 0.6) is 0 Å². The minimum absolute atomic E-state index is 0.178. The SMILES string of the molecule is NC1CCCCC1NC(=O)CC1CCCCCC1. The summed E-state index contributed by atoms with van der Waals surface area (Å²) in [4.78, 5) is 12.1. The third kappa shape index (κ3) is 4.27. The fourth-order valence-electron chi connectivity index (χ4n) is 3.43. The van der Waals surface area contributed by atoms with E-state index >= 15 is 0 Å². The maximum Gasteiger partial charge on any atom is 0.220 e. The Balaban J connectivity index is 1.73. The summed E-state index contributed by atoms with van der Waals surface area (Å²) in [5.74, 6) is 0.858. The van der Waals surface area contributed by atoms with Gasteiger partial charge < -0.3 is 11.1 Å². The van der Waals surface area contributed by atoms with E-state index in [1.54, 1.807) is 0 Å². The molecule has 1 amide bonds. The van der Waals surface area contributed by atoms with Crippen LogP contribution in [0.1, 0.15) is 70.6 Å². The first kappa shape index (κ1) is 13.9. The molecule has 0 spiro atoms. The van der Waals surface area contributed by atoms with Gasteiger partial charge in [0.05, 0.1) is 0 Å². The van der Waals surface area contributed by atoms with Crippen molar-refractivity contribution >= 4 is 5.91 Å². The van der Waals surface area contributed by atoms with E-state index < -0.39 is 0 Å². The highest BCUT2D eigenvalue weighted by molar-refractivity contribution is 5.76. The summed E-state index contributed by atoms with van der Waals surface area (Å²) in [6.07, 6.45) is 13.1. The highest BCUT2D eigenvalue weighted by atomic mass is 16.1. The Labute approximate surface area is 111 Å². The zero-order chi connectivity index (χ0) is 12.8. The van der Waals surface area contributed by atoms with Crippen LogP contribution in [0.3, 0.4) is 0 Å². The van der Waals surface area contributed by atoms with Crippen LogP contribution in [0.2, 0.25) is 0 Å². The minimum atomic E-state index is 0.178. The van der Waals surface area contributed by atoms with Crippen molar-refractivity contribution in [3.8, 4) is 0 Å². The van der Waals surface area contributed by atoms with Gasteiger partial charge >= 0.3 is 0 Å². The Kier molecular flexibility index (Phi) is 5.48. The minimum Gasteiger partial charge on any atom is -0.352 e. The molecule has 2 fully saturated rings. The molecule has 2 aliphatic rings. The lowest BCUT2D eigenvalue weighted by molar-refractivity contribution is -0.123. The maximum absolute atomic E-state index is 12.1. The van der Waals surface area contributed by atoms with Crippen LogP contribution in [0.15, 0.2) is 0 Å². The topological polar surface area (TPSA) is 55.1 Å². The van der Waals surface area contributed by atoms with Crippen molar-refractivity contribution in [3.05, 3.63) is 0 Å². The van der Waals surface area contributed by atoms with E-state index in [9.17, 15) is 4.79 Å². The first-order valence-corrected chi connectivity index (χ1v) is 7.80. The van der Waals surface area contributed by atoms with Crippen molar-refractivity contribution < 1.29 is 4.79 Å². The van der Waals surface area contributed by atoms with Crippen molar-refractivity contribution in [2.24, 2.45) is 11.7 Å². The van der Waals surface area contributed by atoms with Gasteiger partial charge in [-0.15, -0.1) is 0 Å². The Bertz CT molecular complexity index is 259. The molecule has 104 valence electrons. The first-order chi connectivity index (χ1) is 8.75. The summed E-state index contributed by atoms with van der Waals surface area (Å²) >= 11 is 0. The van der Waals surface area contributed by atoms with E-state index in [0.29, 0.717) is 5.92 Å². The van der Waals surface area contributed by atoms with Gasteiger partial charge in [0, 0.05) is 18.5 Å². The Morgan fingerprint density at radius 1 is 0.944 bits per heavy atom. The number of hydrogen-bond acceptors (Lipinski definition) is 2. The Morgan fingerprint density at radius 3 is 2.22 bits per heavy atom. The number of amides is 1. The van der Waals surface area contributed by atoms with Crippen molar-refractivity contribution in [3.63, 3.8) is 0 Å². The molecule has 0 aromatic carbocycles. The van der Waals surface area contributed by atoms with Crippen LogP contribution >= 0.6 is 0 Å². The van der Waals surface area contributed by atoms with Gasteiger partial charge in [0.25, 0.3) is 0 Å². The molecule has 2 saturated carbocycles. The second-order valence-electron chi connectivity index (χ2n) is 6.18. The molecule has 0 radical (unpaired) electrons. The van der Waals surface area contributed by atoms with Crippen LogP contribution in [0.4, 0.5) is 0 Å². The fraction of sp³-hybridized carbons (Fsp3) is 0.933. The number of nitrogens with one attached hydrogen (secondary N) is 1. The molecule has 3 heteroatoms. The lowest BCUT2D eigenvalue weighted by Gasteiger charge is -2.29. The summed E-state index contributed by atoms with van der Waals surface area (Å²) in [7, 11) is 0. The summed E-state index contributed by atoms with van der Waals surface area (Å²) in [6, 6.07) is 0.411. The van der Waals surface area contributed by atoms with Gasteiger partial charge in [0.2, 0.25) is 5.91 Å². The zero-order valence-corrected chi connectivity index (χ0v) is 11.5. The van der Waals surface area contributed by atoms with Gasteiger partial charge in [-0.2, -0.15) is 0 Å². The Morgan fingerprint density at radius 2 is 1.56 bits per heavy atom. The van der Waals surface area contributed by atoms with E-state index in [4.69, 9.17) is 5.73 Å². The van der Waals surface area contributed by atoms with Crippen LogP contribution < -0.4 is 11.1 Å². The second kappa shape index (κ2) is 7.13. The molecule has 0 aliphatic heterocycles. The van der Waals surface area contributed by atoms with Crippen LogP contribution in [-0.2, 0) is 4.79 Å². The number of carbonyl (C=O) groups excluding carboxylic acids is 1. The van der Waals surface area contributed by atoms with E-state index in [-0.39, 0.29) is 18.0 Å². The highest BCUT2D eigenvalue weighted by Crippen LogP contribution is 2.25. The standard InChI is InChI=1S/C15H28N2O/c16-13-9-5-6-10-14(13)17-15(18)11-12-7-3-1-2-4-8-12/h12-14H,1-11,16H2,(H,17,18). The van der Waals surface area contributed by atoms with E-state index in [0.717, 1.165) is 19.3 Å². The van der Waals surface area contributed by atoms with Crippen LogP contribution in [0, 0.1) is 5.92 Å². The highest BCUT2D eigenvalue weighted by Gasteiger charge is 2.24. The number of rotatable bonds is 3. The molecule has 3 N–H and O–H groups in total. The van der Waals surface area contributed by atoms with Gasteiger partial charge in [0.1, 0.15) is 0 Å². The number of hydrogen-bond donors (Lipinski definition) is 2. The summed E-state index contributed by atoms with van der Waals surface area (Å²) in [5.41, 5.74) is 6.07. The van der Waals surface area contributed by atoms with E-state index in [1.165, 1.54) is 51.4 Å². The molecule has 2 unspecified atom stereocenters. The lowest BCUT2D eigenvalue weighted by Crippen LogP contribution is -2.49. The molecule has 2 atom stereocenters. The second-order valence-corrected chi connectivity index (χ2v) is 6.18. The summed E-state index contributed by atoms with van der Waals surface area (Å²) < 4.78 is 0. The average Bonchev–Trinajstić information content (AvgIpc) is 2.61. The molecule has 0 aromatic heterocycles. The van der Waals surface area contributed by atoms with Crippen LogP contribution in [-0.4, -0.2) is 18.0 Å². The molecule has 0 aromatic rings. The predicted octanol–water partition coefficient (Wildman–Crippen LogP) is 2.73. The van der Waals surface area contributed by atoms with Crippen molar-refractivity contribution in [2.45, 2.75) is 82.7 Å². The molecule has 18 heavy (non-hydrogen) atoms. The third-order valence-electron chi connectivity index (χ3n) is 4.61. The molecular formula is C15H28N2O. The fourth-order valence-corrected chi connectivity index (χ4v) is 3.43. The molecule has 2 rings (SSSR count). The molecule has 3 nitrogen and oxygen atoms in total.